The van der Waals surface area contributed by atoms with Crippen LogP contribution in [0, 0.1) is 5.92 Å². The summed E-state index contributed by atoms with van der Waals surface area (Å²) < 4.78 is 56.3. The van der Waals surface area contributed by atoms with Crippen molar-refractivity contribution in [2.24, 2.45) is 5.92 Å². The van der Waals surface area contributed by atoms with E-state index in [1.54, 1.807) is 42.5 Å². The van der Waals surface area contributed by atoms with E-state index in [2.05, 4.69) is 15.0 Å². The molecule has 43 heavy (non-hydrogen) atoms. The van der Waals surface area contributed by atoms with E-state index in [9.17, 15) is 31.9 Å². The number of carboxylic acid groups (broad SMARTS) is 1. The van der Waals surface area contributed by atoms with Crippen LogP contribution in [-0.4, -0.2) is 47.4 Å². The molecule has 1 saturated carbocycles. The number of urea groups is 1. The van der Waals surface area contributed by atoms with Gasteiger partial charge in [-0.2, -0.15) is 8.78 Å². The lowest BCUT2D eigenvalue weighted by atomic mass is 9.89. The number of aryl methyl sites for hydroxylation is 1. The molecule has 1 fully saturated rings. The third kappa shape index (κ3) is 8.56. The highest BCUT2D eigenvalue weighted by Crippen LogP contribution is 2.31. The number of carbonyl (C=O) groups is 2. The van der Waals surface area contributed by atoms with Crippen LogP contribution in [0.5, 0.6) is 0 Å². The zero-order valence-corrected chi connectivity index (χ0v) is 25.5. The van der Waals surface area contributed by atoms with Crippen molar-refractivity contribution in [3.05, 3.63) is 65.6 Å². The maximum Gasteiger partial charge on any atom is 0.355 e. The Balaban J connectivity index is 1.54. The molecule has 1 heterocycles. The van der Waals surface area contributed by atoms with Crippen LogP contribution in [0.15, 0.2) is 58.5 Å². The molecule has 1 aliphatic carbocycles. The molecule has 0 spiro atoms. The quantitative estimate of drug-likeness (QED) is 0.183. The predicted octanol–water partition coefficient (Wildman–Crippen LogP) is 6.52. The summed E-state index contributed by atoms with van der Waals surface area (Å²) in [6.45, 7) is 2.48. The van der Waals surface area contributed by atoms with Gasteiger partial charge in [-0.15, -0.1) is 0 Å². The third-order valence-electron chi connectivity index (χ3n) is 7.46. The summed E-state index contributed by atoms with van der Waals surface area (Å²) in [5.74, 6) is -3.40. The second-order valence-corrected chi connectivity index (χ2v) is 13.2. The molecule has 2 amide bonds. The Labute approximate surface area is 254 Å². The van der Waals surface area contributed by atoms with Crippen LogP contribution in [0.3, 0.4) is 0 Å². The summed E-state index contributed by atoms with van der Waals surface area (Å²) in [5.41, 5.74) is 1.34. The number of benzene rings is 2. The Hall–Kier alpha value is -3.45. The van der Waals surface area contributed by atoms with Crippen LogP contribution in [0.1, 0.15) is 73.7 Å². The van der Waals surface area contributed by atoms with Crippen molar-refractivity contribution in [3.63, 3.8) is 0 Å². The zero-order valence-electron chi connectivity index (χ0n) is 23.9. The summed E-state index contributed by atoms with van der Waals surface area (Å²) >= 11 is 0.113. The van der Waals surface area contributed by atoms with Crippen molar-refractivity contribution < 1.29 is 31.9 Å². The Morgan fingerprint density at radius 3 is 2.44 bits per heavy atom. The lowest BCUT2D eigenvalue weighted by Crippen LogP contribution is -2.41. The first-order valence-electron chi connectivity index (χ1n) is 14.4. The van der Waals surface area contributed by atoms with E-state index in [-0.39, 0.29) is 33.9 Å². The molecule has 0 bridgehead atoms. The monoisotopic (exact) mass is 634 g/mol. The molecule has 0 saturated heterocycles. The predicted molar refractivity (Wildman–Crippen MR) is 161 cm³/mol. The van der Waals surface area contributed by atoms with Gasteiger partial charge in [-0.1, -0.05) is 75.1 Å². The van der Waals surface area contributed by atoms with Gasteiger partial charge in [0.1, 0.15) is 10.9 Å². The number of amides is 2. The van der Waals surface area contributed by atoms with Gasteiger partial charge in [0.05, 0.1) is 4.90 Å². The fourth-order valence-corrected chi connectivity index (χ4v) is 7.09. The van der Waals surface area contributed by atoms with Crippen molar-refractivity contribution in [1.29, 1.82) is 0 Å². The van der Waals surface area contributed by atoms with Crippen LogP contribution in [-0.2, 0) is 23.0 Å². The molecule has 1 aliphatic rings. The molecule has 3 N–H and O–H groups in total. The zero-order chi connectivity index (χ0) is 31.0. The molecular formula is C30H36F2N4O5S2. The van der Waals surface area contributed by atoms with E-state index in [0.717, 1.165) is 32.1 Å². The van der Waals surface area contributed by atoms with Gasteiger partial charge in [-0.05, 0) is 54.1 Å². The Morgan fingerprint density at radius 1 is 1.09 bits per heavy atom. The fourth-order valence-electron chi connectivity index (χ4n) is 5.30. The number of halogens is 2. The molecule has 4 rings (SSSR count). The van der Waals surface area contributed by atoms with Crippen LogP contribution in [0.4, 0.5) is 13.6 Å². The van der Waals surface area contributed by atoms with Gasteiger partial charge in [-0.25, -0.2) is 27.7 Å². The summed E-state index contributed by atoms with van der Waals surface area (Å²) in [6, 6.07) is 12.4. The Kier molecular flexibility index (Phi) is 11.2. The number of hydrogen-bond donors (Lipinski definition) is 3. The van der Waals surface area contributed by atoms with Crippen LogP contribution >= 0.6 is 11.8 Å². The molecule has 13 heteroatoms. The maximum absolute atomic E-state index is 13.2. The average molecular weight is 635 g/mol. The first kappa shape index (κ1) is 32.5. The lowest BCUT2D eigenvalue weighted by molar-refractivity contribution is 0.0681. The van der Waals surface area contributed by atoms with Crippen molar-refractivity contribution >= 4 is 33.8 Å². The molecule has 1 aromatic heterocycles. The fraction of sp³-hybridized carbons (Fsp3) is 0.433. The Bertz CT molecular complexity index is 1520. The molecule has 232 valence electrons. The van der Waals surface area contributed by atoms with Gasteiger partial charge in [0.2, 0.25) is 0 Å². The number of carboxylic acids is 1. The number of imidazole rings is 1. The second kappa shape index (κ2) is 14.8. The number of rotatable bonds is 13. The maximum atomic E-state index is 13.2. The normalized spacial score (nSPS) is 14.1. The molecule has 9 nitrogen and oxygen atoms in total. The van der Waals surface area contributed by atoms with Gasteiger partial charge in [0, 0.05) is 25.1 Å². The molecule has 0 unspecified atom stereocenters. The van der Waals surface area contributed by atoms with Crippen LogP contribution in [0.2, 0.25) is 0 Å². The summed E-state index contributed by atoms with van der Waals surface area (Å²) in [7, 11) is -4.19. The van der Waals surface area contributed by atoms with E-state index in [4.69, 9.17) is 0 Å². The summed E-state index contributed by atoms with van der Waals surface area (Å²) in [5, 5.41) is 12.3. The number of unbranched alkanes of at least 4 members (excludes halogenated alkanes) is 1. The number of nitrogens with one attached hydrogen (secondary N) is 2. The minimum absolute atomic E-state index is 0.0612. The van der Waals surface area contributed by atoms with E-state index in [1.807, 2.05) is 6.92 Å². The topological polar surface area (TPSA) is 130 Å². The molecule has 0 radical (unpaired) electrons. The summed E-state index contributed by atoms with van der Waals surface area (Å²) in [6.07, 6.45) is 7.40. The third-order valence-corrected chi connectivity index (χ3v) is 9.53. The van der Waals surface area contributed by atoms with Crippen molar-refractivity contribution in [2.45, 2.75) is 80.5 Å². The number of sulfonamides is 1. The number of aromatic carboxylic acids is 1. The number of hydrogen-bond acceptors (Lipinski definition) is 6. The smallest absolute Gasteiger partial charge is 0.355 e. The number of thioether (sulfide) groups is 1. The van der Waals surface area contributed by atoms with Gasteiger partial charge in [0.15, 0.2) is 5.69 Å². The highest BCUT2D eigenvalue weighted by Gasteiger charge is 2.26. The number of alkyl halides is 2. The molecule has 2 aromatic carbocycles. The minimum Gasteiger partial charge on any atom is -0.476 e. The lowest BCUT2D eigenvalue weighted by Gasteiger charge is -2.21. The van der Waals surface area contributed by atoms with E-state index >= 15 is 0 Å². The average Bonchev–Trinajstić information content (AvgIpc) is 3.31. The molecule has 3 aromatic rings. The largest absolute Gasteiger partial charge is 0.476 e. The van der Waals surface area contributed by atoms with Gasteiger partial charge < -0.3 is 15.0 Å². The summed E-state index contributed by atoms with van der Waals surface area (Å²) in [4.78, 5) is 28.7. The highest BCUT2D eigenvalue weighted by atomic mass is 32.2. The minimum atomic E-state index is -4.19. The Morgan fingerprint density at radius 2 is 1.79 bits per heavy atom. The van der Waals surface area contributed by atoms with Crippen molar-refractivity contribution in [3.8, 4) is 11.1 Å². The number of aromatic nitrogens is 2. The van der Waals surface area contributed by atoms with Crippen molar-refractivity contribution in [2.75, 3.05) is 6.54 Å². The second-order valence-electron chi connectivity index (χ2n) is 10.6. The van der Waals surface area contributed by atoms with Gasteiger partial charge in [0.25, 0.3) is 15.8 Å². The number of nitrogens with zero attached hydrogens (tertiary/aromatic N) is 2. The van der Waals surface area contributed by atoms with Crippen LogP contribution in [0.25, 0.3) is 11.1 Å². The van der Waals surface area contributed by atoms with E-state index in [0.29, 0.717) is 47.8 Å². The first-order valence-corrected chi connectivity index (χ1v) is 16.7. The molecular weight excluding hydrogens is 598 g/mol. The standard InChI is InChI=1S/C30H36F2N4O5S2/c1-2-3-13-25-34-27(42-29(31)32)26(28(37)38)36(25)19-21-14-16-22(17-15-21)23-11-7-8-12-24(23)43(40,41)35-30(39)33-18-20-9-5-4-6-10-20/h7-8,11-12,14-17,20,29H,2-6,9-10,13,18-19H2,1H3,(H,37,38)(H2,33,35,39). The SMILES string of the molecule is CCCCc1nc(SC(F)F)c(C(=O)O)n1Cc1ccc(-c2ccccc2S(=O)(=O)NC(=O)NCC2CCCCC2)cc1. The van der Waals surface area contributed by atoms with Crippen LogP contribution < -0.4 is 10.0 Å². The molecule has 0 atom stereocenters. The first-order chi connectivity index (χ1) is 20.6. The number of carbonyl (C=O) groups excluding carboxylic acids is 1. The van der Waals surface area contributed by atoms with Gasteiger partial charge >= 0.3 is 12.0 Å². The van der Waals surface area contributed by atoms with Crippen molar-refractivity contribution in [1.82, 2.24) is 19.6 Å². The van der Waals surface area contributed by atoms with E-state index < -0.39 is 27.8 Å². The highest BCUT2D eigenvalue weighted by molar-refractivity contribution is 7.99. The van der Waals surface area contributed by atoms with E-state index in [1.165, 1.54) is 17.1 Å². The van der Waals surface area contributed by atoms with Gasteiger partial charge in [-0.3, -0.25) is 0 Å². The molecule has 0 aliphatic heterocycles.